The lowest BCUT2D eigenvalue weighted by Gasteiger charge is -2.36. The summed E-state index contributed by atoms with van der Waals surface area (Å²) < 4.78 is 47.6. The number of aryl methyl sites for hydroxylation is 1. The van der Waals surface area contributed by atoms with Crippen LogP contribution in [0.25, 0.3) is 0 Å². The van der Waals surface area contributed by atoms with Crippen LogP contribution in [0.5, 0.6) is 5.75 Å². The molecular formula is C23H21FN2O4S. The molecule has 0 bridgehead atoms. The first-order valence-electron chi connectivity index (χ1n) is 9.73. The van der Waals surface area contributed by atoms with Crippen LogP contribution in [0.15, 0.2) is 77.7 Å². The van der Waals surface area contributed by atoms with Crippen molar-refractivity contribution in [1.82, 2.24) is 0 Å². The number of halogens is 1. The zero-order valence-electron chi connectivity index (χ0n) is 16.8. The lowest BCUT2D eigenvalue weighted by atomic mass is 9.97. The minimum atomic E-state index is -4.07. The topological polar surface area (TPSA) is 75.7 Å². The monoisotopic (exact) mass is 440 g/mol. The van der Waals surface area contributed by atoms with E-state index in [0.29, 0.717) is 17.9 Å². The molecule has 1 atom stereocenters. The Hall–Kier alpha value is -3.39. The van der Waals surface area contributed by atoms with Gasteiger partial charge in [0.15, 0.2) is 0 Å². The largest absolute Gasteiger partial charge is 0.497 e. The summed E-state index contributed by atoms with van der Waals surface area (Å²) in [6, 6.07) is 17.8. The Kier molecular flexibility index (Phi) is 5.65. The van der Waals surface area contributed by atoms with Gasteiger partial charge in [-0.25, -0.2) is 12.8 Å². The van der Waals surface area contributed by atoms with E-state index in [-0.39, 0.29) is 17.0 Å². The standard InChI is InChI=1S/C23H21FN2O4S/c1-30-17-11-13-18(14-12-17)31(28,29)26-21-9-5-2-6-16(21)10-15-22(26)23(27)25-20-8-4-3-7-19(20)24/h2-9,11-14,22H,10,15H2,1H3,(H,25,27)/t22-/m0/s1. The molecule has 1 N–H and O–H groups in total. The van der Waals surface area contributed by atoms with Gasteiger partial charge in [0.1, 0.15) is 17.6 Å². The first-order valence-corrected chi connectivity index (χ1v) is 11.2. The van der Waals surface area contributed by atoms with Crippen molar-refractivity contribution in [2.24, 2.45) is 0 Å². The van der Waals surface area contributed by atoms with E-state index in [9.17, 15) is 17.6 Å². The summed E-state index contributed by atoms with van der Waals surface area (Å²) in [6.45, 7) is 0. The highest BCUT2D eigenvalue weighted by atomic mass is 32.2. The molecule has 3 aromatic carbocycles. The Labute approximate surface area is 180 Å². The van der Waals surface area contributed by atoms with Gasteiger partial charge in [0, 0.05) is 0 Å². The van der Waals surface area contributed by atoms with E-state index in [2.05, 4.69) is 5.32 Å². The smallest absolute Gasteiger partial charge is 0.265 e. The first-order chi connectivity index (χ1) is 14.9. The van der Waals surface area contributed by atoms with E-state index in [1.807, 2.05) is 12.1 Å². The van der Waals surface area contributed by atoms with Crippen LogP contribution in [0, 0.1) is 5.82 Å². The second-order valence-corrected chi connectivity index (χ2v) is 8.94. The number of hydrogen-bond acceptors (Lipinski definition) is 4. The molecule has 3 aromatic rings. The van der Waals surface area contributed by atoms with Gasteiger partial charge in [0.2, 0.25) is 5.91 Å². The second kappa shape index (κ2) is 8.39. The molecule has 6 nitrogen and oxygen atoms in total. The minimum absolute atomic E-state index is 0.00755. The van der Waals surface area contributed by atoms with E-state index in [1.54, 1.807) is 30.3 Å². The molecule has 0 aromatic heterocycles. The van der Waals surface area contributed by atoms with Crippen LogP contribution in [0.2, 0.25) is 0 Å². The maximum absolute atomic E-state index is 14.1. The number of nitrogens with one attached hydrogen (secondary N) is 1. The van der Waals surface area contributed by atoms with Gasteiger partial charge in [-0.2, -0.15) is 0 Å². The van der Waals surface area contributed by atoms with Gasteiger partial charge in [-0.05, 0) is 60.9 Å². The number of carbonyl (C=O) groups is 1. The molecule has 4 rings (SSSR count). The average molecular weight is 440 g/mol. The molecule has 1 aliphatic heterocycles. The summed E-state index contributed by atoms with van der Waals surface area (Å²) in [6.07, 6.45) is 0.798. The van der Waals surface area contributed by atoms with Gasteiger partial charge in [0.05, 0.1) is 23.4 Å². The van der Waals surface area contributed by atoms with Crippen molar-refractivity contribution in [3.8, 4) is 5.75 Å². The predicted octanol–water partition coefficient (Wildman–Crippen LogP) is 3.98. The number of anilines is 2. The lowest BCUT2D eigenvalue weighted by molar-refractivity contribution is -0.117. The van der Waals surface area contributed by atoms with Gasteiger partial charge < -0.3 is 10.1 Å². The molecule has 0 saturated heterocycles. The van der Waals surface area contributed by atoms with E-state index in [0.717, 1.165) is 9.87 Å². The zero-order valence-corrected chi connectivity index (χ0v) is 17.6. The Balaban J connectivity index is 1.76. The number of para-hydroxylation sites is 2. The number of sulfonamides is 1. The predicted molar refractivity (Wildman–Crippen MR) is 116 cm³/mol. The summed E-state index contributed by atoms with van der Waals surface area (Å²) in [5.41, 5.74) is 1.28. The van der Waals surface area contributed by atoms with Crippen molar-refractivity contribution in [2.75, 3.05) is 16.7 Å². The molecule has 0 fully saturated rings. The molecule has 0 radical (unpaired) electrons. The highest BCUT2D eigenvalue weighted by Crippen LogP contribution is 2.36. The van der Waals surface area contributed by atoms with Crippen molar-refractivity contribution in [2.45, 2.75) is 23.8 Å². The summed E-state index contributed by atoms with van der Waals surface area (Å²) in [4.78, 5) is 13.2. The maximum Gasteiger partial charge on any atom is 0.265 e. The molecule has 0 aliphatic carbocycles. The molecule has 0 unspecified atom stereocenters. The SMILES string of the molecule is COc1ccc(S(=O)(=O)N2c3ccccc3CC[C@H]2C(=O)Nc2ccccc2F)cc1. The van der Waals surface area contributed by atoms with E-state index >= 15 is 0 Å². The highest BCUT2D eigenvalue weighted by molar-refractivity contribution is 7.93. The lowest BCUT2D eigenvalue weighted by Crippen LogP contribution is -2.50. The Morgan fingerprint density at radius 2 is 1.71 bits per heavy atom. The first kappa shape index (κ1) is 20.9. The second-order valence-electron chi connectivity index (χ2n) is 7.13. The number of carbonyl (C=O) groups excluding carboxylic acids is 1. The third kappa shape index (κ3) is 3.98. The number of ether oxygens (including phenoxy) is 1. The minimum Gasteiger partial charge on any atom is -0.497 e. The van der Waals surface area contributed by atoms with Crippen LogP contribution in [0.3, 0.4) is 0 Å². The summed E-state index contributed by atoms with van der Waals surface area (Å²) in [5.74, 6) is -0.653. The summed E-state index contributed by atoms with van der Waals surface area (Å²) in [5, 5.41) is 2.54. The van der Waals surface area contributed by atoms with E-state index < -0.39 is 27.8 Å². The Morgan fingerprint density at radius 3 is 2.42 bits per heavy atom. The number of fused-ring (bicyclic) bond motifs is 1. The van der Waals surface area contributed by atoms with E-state index in [1.165, 1.54) is 37.4 Å². The van der Waals surface area contributed by atoms with E-state index in [4.69, 9.17) is 4.74 Å². The van der Waals surface area contributed by atoms with Crippen LogP contribution in [-0.4, -0.2) is 27.5 Å². The third-order valence-corrected chi connectivity index (χ3v) is 7.09. The molecule has 8 heteroatoms. The number of nitrogens with zero attached hydrogens (tertiary/aromatic N) is 1. The van der Waals surface area contributed by atoms with Gasteiger partial charge in [0.25, 0.3) is 10.0 Å². The quantitative estimate of drug-likeness (QED) is 0.651. The molecule has 1 heterocycles. The van der Waals surface area contributed by atoms with Gasteiger partial charge in [-0.1, -0.05) is 30.3 Å². The van der Waals surface area contributed by atoms with Crippen LogP contribution in [0.1, 0.15) is 12.0 Å². The molecular weight excluding hydrogens is 419 g/mol. The molecule has 0 spiro atoms. The van der Waals surface area contributed by atoms with Gasteiger partial charge in [-0.15, -0.1) is 0 Å². The normalized spacial score (nSPS) is 15.8. The molecule has 1 aliphatic rings. The summed E-state index contributed by atoms with van der Waals surface area (Å²) in [7, 11) is -2.58. The fourth-order valence-electron chi connectivity index (χ4n) is 3.69. The Morgan fingerprint density at radius 1 is 1.03 bits per heavy atom. The van der Waals surface area contributed by atoms with Crippen LogP contribution < -0.4 is 14.4 Å². The fraction of sp³-hybridized carbons (Fsp3) is 0.174. The molecule has 0 saturated carbocycles. The van der Waals surface area contributed by atoms with Crippen molar-refractivity contribution in [1.29, 1.82) is 0 Å². The summed E-state index contributed by atoms with van der Waals surface area (Å²) >= 11 is 0. The zero-order chi connectivity index (χ0) is 22.0. The fourth-order valence-corrected chi connectivity index (χ4v) is 5.37. The maximum atomic E-state index is 14.1. The van der Waals surface area contributed by atoms with Crippen LogP contribution in [0.4, 0.5) is 15.8 Å². The van der Waals surface area contributed by atoms with Crippen molar-refractivity contribution < 1.29 is 22.3 Å². The number of hydrogen-bond donors (Lipinski definition) is 1. The third-order valence-electron chi connectivity index (χ3n) is 5.25. The van der Waals surface area contributed by atoms with Crippen molar-refractivity contribution >= 4 is 27.3 Å². The number of amides is 1. The molecule has 1 amide bonds. The average Bonchev–Trinajstić information content (AvgIpc) is 2.79. The van der Waals surface area contributed by atoms with Crippen LogP contribution >= 0.6 is 0 Å². The number of methoxy groups -OCH3 is 1. The van der Waals surface area contributed by atoms with Gasteiger partial charge in [-0.3, -0.25) is 9.10 Å². The number of rotatable bonds is 5. The molecule has 31 heavy (non-hydrogen) atoms. The highest BCUT2D eigenvalue weighted by Gasteiger charge is 2.40. The van der Waals surface area contributed by atoms with Crippen molar-refractivity contribution in [3.05, 3.63) is 84.2 Å². The van der Waals surface area contributed by atoms with Crippen LogP contribution in [-0.2, 0) is 21.2 Å². The van der Waals surface area contributed by atoms with Gasteiger partial charge >= 0.3 is 0 Å². The number of benzene rings is 3. The molecule has 160 valence electrons. The van der Waals surface area contributed by atoms with Crippen molar-refractivity contribution in [3.63, 3.8) is 0 Å². The Bertz CT molecular complexity index is 1210.